The Morgan fingerprint density at radius 2 is 1.59 bits per heavy atom. The molecule has 1 saturated carbocycles. The Morgan fingerprint density at radius 3 is 2.15 bits per heavy atom. The molecule has 1 saturated heterocycles. The molecule has 2 aliphatic rings. The number of nitrogens with two attached hydrogens (primary N) is 2. The molecule has 188 valence electrons. The van der Waals surface area contributed by atoms with Crippen LogP contribution in [-0.2, 0) is 20.8 Å². The van der Waals surface area contributed by atoms with E-state index in [1.54, 1.807) is 6.92 Å². The summed E-state index contributed by atoms with van der Waals surface area (Å²) in [5, 5.41) is 2.94. The molecule has 1 aliphatic carbocycles. The summed E-state index contributed by atoms with van der Waals surface area (Å²) in [5.41, 5.74) is 13.5. The van der Waals surface area contributed by atoms with Gasteiger partial charge in [-0.15, -0.1) is 0 Å². The molecule has 3 rings (SSSR count). The second kappa shape index (κ2) is 12.3. The van der Waals surface area contributed by atoms with E-state index in [2.05, 4.69) is 10.2 Å². The zero-order valence-corrected chi connectivity index (χ0v) is 20.7. The molecule has 0 spiro atoms. The molecule has 0 aromatic heterocycles. The minimum Gasteiger partial charge on any atom is -0.369 e. The van der Waals surface area contributed by atoms with E-state index in [1.807, 2.05) is 36.2 Å². The number of hydrogen-bond donors (Lipinski definition) is 3. The van der Waals surface area contributed by atoms with E-state index in [4.69, 9.17) is 11.5 Å². The van der Waals surface area contributed by atoms with Gasteiger partial charge in [-0.3, -0.25) is 14.4 Å². The highest BCUT2D eigenvalue weighted by atomic mass is 16.2. The second-order valence-electron chi connectivity index (χ2n) is 10.1. The lowest BCUT2D eigenvalue weighted by Gasteiger charge is -2.35. The Labute approximate surface area is 203 Å². The summed E-state index contributed by atoms with van der Waals surface area (Å²) in [6, 6.07) is 6.95. The van der Waals surface area contributed by atoms with Crippen LogP contribution >= 0.6 is 0 Å². The van der Waals surface area contributed by atoms with Crippen LogP contribution < -0.4 is 16.8 Å². The van der Waals surface area contributed by atoms with Crippen molar-refractivity contribution in [2.45, 2.75) is 57.9 Å². The van der Waals surface area contributed by atoms with Gasteiger partial charge in [0.25, 0.3) is 0 Å². The Balaban J connectivity index is 1.62. The van der Waals surface area contributed by atoms with Crippen LogP contribution in [-0.4, -0.2) is 66.8 Å². The average molecular weight is 472 g/mol. The van der Waals surface area contributed by atoms with E-state index < -0.39 is 23.8 Å². The maximum atomic E-state index is 13.2. The van der Waals surface area contributed by atoms with Crippen LogP contribution in [0.15, 0.2) is 24.3 Å². The van der Waals surface area contributed by atoms with Gasteiger partial charge in [0.2, 0.25) is 17.7 Å². The van der Waals surface area contributed by atoms with Crippen LogP contribution in [0.25, 0.3) is 0 Å². The maximum Gasteiger partial charge on any atom is 0.241 e. The molecule has 8 nitrogen and oxygen atoms in total. The molecule has 1 aromatic rings. The number of rotatable bonds is 8. The zero-order valence-electron chi connectivity index (χ0n) is 20.7. The van der Waals surface area contributed by atoms with Crippen molar-refractivity contribution in [3.63, 3.8) is 0 Å². The third kappa shape index (κ3) is 7.03. The zero-order chi connectivity index (χ0) is 24.7. The van der Waals surface area contributed by atoms with Gasteiger partial charge in [-0.05, 0) is 49.9 Å². The number of benzene rings is 1. The first-order valence-electron chi connectivity index (χ1n) is 12.7. The van der Waals surface area contributed by atoms with Crippen molar-refractivity contribution in [3.05, 3.63) is 29.8 Å². The minimum atomic E-state index is -0.566. The van der Waals surface area contributed by atoms with E-state index in [9.17, 15) is 14.4 Å². The molecule has 3 amide bonds. The molecule has 0 bridgehead atoms. The average Bonchev–Trinajstić information content (AvgIpc) is 3.12. The summed E-state index contributed by atoms with van der Waals surface area (Å²) >= 11 is 0. The molecular weight excluding hydrogens is 430 g/mol. The van der Waals surface area contributed by atoms with Crippen molar-refractivity contribution >= 4 is 23.4 Å². The number of piperazine rings is 1. The van der Waals surface area contributed by atoms with Crippen molar-refractivity contribution in [2.75, 3.05) is 38.5 Å². The van der Waals surface area contributed by atoms with Gasteiger partial charge in [0.15, 0.2) is 0 Å². The molecule has 8 heteroatoms. The van der Waals surface area contributed by atoms with E-state index in [-0.39, 0.29) is 17.7 Å². The van der Waals surface area contributed by atoms with Gasteiger partial charge < -0.3 is 26.6 Å². The first-order chi connectivity index (χ1) is 16.3. The lowest BCUT2D eigenvalue weighted by Crippen LogP contribution is -2.51. The molecule has 1 unspecified atom stereocenters. The number of anilines is 1. The number of hydrogen-bond acceptors (Lipinski definition) is 5. The molecule has 2 fully saturated rings. The predicted octanol–water partition coefficient (Wildman–Crippen LogP) is 1.98. The van der Waals surface area contributed by atoms with Crippen LogP contribution in [0.2, 0.25) is 0 Å². The van der Waals surface area contributed by atoms with Crippen molar-refractivity contribution in [3.8, 4) is 0 Å². The van der Waals surface area contributed by atoms with Crippen molar-refractivity contribution in [1.82, 2.24) is 9.80 Å². The van der Waals surface area contributed by atoms with Crippen molar-refractivity contribution in [1.29, 1.82) is 0 Å². The highest BCUT2D eigenvalue weighted by Crippen LogP contribution is 2.26. The Bertz CT molecular complexity index is 827. The largest absolute Gasteiger partial charge is 0.369 e. The van der Waals surface area contributed by atoms with Crippen molar-refractivity contribution in [2.24, 2.45) is 29.2 Å². The van der Waals surface area contributed by atoms with Gasteiger partial charge in [-0.25, -0.2) is 0 Å². The Hall–Kier alpha value is -2.45. The number of nitrogens with one attached hydrogen (secondary N) is 1. The van der Waals surface area contributed by atoms with Crippen LogP contribution in [0.4, 0.5) is 5.69 Å². The summed E-state index contributed by atoms with van der Waals surface area (Å²) < 4.78 is 0. The highest BCUT2D eigenvalue weighted by molar-refractivity contribution is 5.95. The highest BCUT2D eigenvalue weighted by Gasteiger charge is 2.33. The lowest BCUT2D eigenvalue weighted by molar-refractivity contribution is -0.142. The molecule has 0 radical (unpaired) electrons. The monoisotopic (exact) mass is 471 g/mol. The lowest BCUT2D eigenvalue weighted by atomic mass is 9.86. The van der Waals surface area contributed by atoms with E-state index in [0.717, 1.165) is 44.3 Å². The van der Waals surface area contributed by atoms with Gasteiger partial charge >= 0.3 is 0 Å². The fourth-order valence-corrected chi connectivity index (χ4v) is 5.03. The quantitative estimate of drug-likeness (QED) is 0.501. The number of carbonyl (C=O) groups is 3. The third-order valence-corrected chi connectivity index (χ3v) is 7.57. The Kier molecular flexibility index (Phi) is 9.47. The van der Waals surface area contributed by atoms with Crippen LogP contribution in [0, 0.1) is 17.8 Å². The van der Waals surface area contributed by atoms with Crippen LogP contribution in [0.1, 0.15) is 51.0 Å². The fraction of sp³-hybridized carbons (Fsp3) is 0.654. The first-order valence-corrected chi connectivity index (χ1v) is 12.7. The topological polar surface area (TPSA) is 122 Å². The third-order valence-electron chi connectivity index (χ3n) is 7.57. The predicted molar refractivity (Wildman–Crippen MR) is 134 cm³/mol. The van der Waals surface area contributed by atoms with Gasteiger partial charge in [0.1, 0.15) is 0 Å². The van der Waals surface area contributed by atoms with Crippen LogP contribution in [0.3, 0.4) is 0 Å². The first kappa shape index (κ1) is 26.2. The van der Waals surface area contributed by atoms with Gasteiger partial charge in [0.05, 0.1) is 12.0 Å². The van der Waals surface area contributed by atoms with E-state index >= 15 is 0 Å². The number of primary amides is 1. The summed E-state index contributed by atoms with van der Waals surface area (Å²) in [6.45, 7) is 4.68. The van der Waals surface area contributed by atoms with Gasteiger partial charge in [-0.2, -0.15) is 0 Å². The van der Waals surface area contributed by atoms with Gasteiger partial charge in [0, 0.05) is 37.8 Å². The van der Waals surface area contributed by atoms with Gasteiger partial charge in [-0.1, -0.05) is 44.7 Å². The number of amides is 3. The number of nitrogens with zero attached hydrogens (tertiary/aromatic N) is 2. The molecular formula is C26H41N5O3. The summed E-state index contributed by atoms with van der Waals surface area (Å²) in [7, 11) is 2.04. The molecule has 3 atom stereocenters. The Morgan fingerprint density at radius 1 is 1.00 bits per heavy atom. The molecule has 1 heterocycles. The summed E-state index contributed by atoms with van der Waals surface area (Å²) in [6.07, 6.45) is 7.15. The summed E-state index contributed by atoms with van der Waals surface area (Å²) in [5.74, 6) is -1.48. The maximum absolute atomic E-state index is 13.2. The second-order valence-corrected chi connectivity index (χ2v) is 10.1. The number of carbonyl (C=O) groups excluding carboxylic acids is 3. The summed E-state index contributed by atoms with van der Waals surface area (Å²) in [4.78, 5) is 41.9. The standard InChI is InChI=1S/C26H41N5O3/c1-18(24(28)32)22(26(34)31-15-13-30(2)14-16-31)17-19-9-11-21(12-10-19)29-25(33)23(27)20-7-5-3-4-6-8-20/h9-12,18,20,22-23H,3-8,13-17,27H2,1-2H3,(H2,28,32)(H,29,33)/t18?,22-,23+/m1/s1. The van der Waals surface area contributed by atoms with E-state index in [1.165, 1.54) is 12.8 Å². The normalized spacial score (nSPS) is 20.7. The SMILES string of the molecule is CC(C(N)=O)[C@@H](Cc1ccc(NC(=O)[C@@H](N)C2CCCCCC2)cc1)C(=O)N1CCN(C)CC1. The minimum absolute atomic E-state index is 0.0221. The molecule has 34 heavy (non-hydrogen) atoms. The number of likely N-dealkylation sites (N-methyl/N-ethyl adjacent to an activating group) is 1. The van der Waals surface area contributed by atoms with Crippen LogP contribution in [0.5, 0.6) is 0 Å². The van der Waals surface area contributed by atoms with E-state index in [0.29, 0.717) is 25.2 Å². The molecule has 1 aromatic carbocycles. The molecule has 5 N–H and O–H groups in total. The molecule has 1 aliphatic heterocycles. The fourth-order valence-electron chi connectivity index (χ4n) is 5.03. The smallest absolute Gasteiger partial charge is 0.241 e. The van der Waals surface area contributed by atoms with Crippen molar-refractivity contribution < 1.29 is 14.4 Å².